The molecule has 0 aromatic carbocycles. The van der Waals surface area contributed by atoms with E-state index in [9.17, 15) is 13.2 Å². The van der Waals surface area contributed by atoms with Crippen molar-refractivity contribution in [3.8, 4) is 0 Å². The summed E-state index contributed by atoms with van der Waals surface area (Å²) in [4.78, 5) is 14.4. The molecule has 0 aliphatic rings. The Balaban J connectivity index is 2.23. The third-order valence-electron chi connectivity index (χ3n) is 2.42. The van der Waals surface area contributed by atoms with Crippen LogP contribution in [-0.4, -0.2) is 36.9 Å². The molecule has 0 saturated carbocycles. The second-order valence-corrected chi connectivity index (χ2v) is 5.87. The number of nitrogens with zero attached hydrogens (tertiary/aromatic N) is 2. The maximum absolute atomic E-state index is 12.2. The molecule has 0 aliphatic heterocycles. The maximum Gasteiger partial charge on any atom is 0.312 e. The van der Waals surface area contributed by atoms with Crippen LogP contribution in [0.2, 0.25) is 5.15 Å². The number of urea groups is 1. The van der Waals surface area contributed by atoms with E-state index in [0.29, 0.717) is 5.65 Å². The van der Waals surface area contributed by atoms with E-state index in [-0.39, 0.29) is 23.3 Å². The molecule has 2 rings (SSSR count). The van der Waals surface area contributed by atoms with Gasteiger partial charge in [0.1, 0.15) is 5.65 Å². The number of primary amides is 1. The van der Waals surface area contributed by atoms with Crippen molar-refractivity contribution in [1.29, 1.82) is 0 Å². The number of pyridine rings is 1. The minimum Gasteiger partial charge on any atom is -0.352 e. The van der Waals surface area contributed by atoms with Gasteiger partial charge in [-0.15, -0.1) is 0 Å². The topological polar surface area (TPSA) is 119 Å². The van der Waals surface area contributed by atoms with Crippen LogP contribution >= 0.6 is 11.6 Å². The quantitative estimate of drug-likeness (QED) is 0.669. The number of imidazole rings is 1. The third-order valence-corrected chi connectivity index (χ3v) is 4.28. The molecule has 0 fully saturated rings. The van der Waals surface area contributed by atoms with Crippen molar-refractivity contribution in [3.05, 3.63) is 29.5 Å². The summed E-state index contributed by atoms with van der Waals surface area (Å²) < 4.78 is 28.0. The van der Waals surface area contributed by atoms with E-state index in [0.717, 1.165) is 0 Å². The average Bonchev–Trinajstić information content (AvgIpc) is 2.71. The summed E-state index contributed by atoms with van der Waals surface area (Å²) in [5, 5.41) is 2.01. The molecule has 0 saturated heterocycles. The molecule has 8 nitrogen and oxygen atoms in total. The number of hydrogen-bond donors (Lipinski definition) is 3. The number of carbonyl (C=O) groups is 1. The highest BCUT2D eigenvalue weighted by Gasteiger charge is 2.23. The largest absolute Gasteiger partial charge is 0.352 e. The van der Waals surface area contributed by atoms with Crippen molar-refractivity contribution in [2.75, 3.05) is 13.1 Å². The fourth-order valence-corrected chi connectivity index (χ4v) is 3.30. The number of hydrogen-bond acceptors (Lipinski definition) is 4. The van der Waals surface area contributed by atoms with Gasteiger partial charge < -0.3 is 11.1 Å². The van der Waals surface area contributed by atoms with Gasteiger partial charge in [0.25, 0.3) is 10.0 Å². The first-order chi connectivity index (χ1) is 9.42. The Labute approximate surface area is 120 Å². The number of sulfonamides is 1. The van der Waals surface area contributed by atoms with Crippen LogP contribution in [0.15, 0.2) is 29.4 Å². The summed E-state index contributed by atoms with van der Waals surface area (Å²) >= 11 is 5.87. The fourth-order valence-electron chi connectivity index (χ4n) is 1.62. The molecule has 0 unspecified atom stereocenters. The lowest BCUT2D eigenvalue weighted by molar-refractivity contribution is 0.249. The summed E-state index contributed by atoms with van der Waals surface area (Å²) in [5.41, 5.74) is 5.30. The molecule has 4 N–H and O–H groups in total. The van der Waals surface area contributed by atoms with Crippen LogP contribution in [0.3, 0.4) is 0 Å². The molecule has 108 valence electrons. The van der Waals surface area contributed by atoms with Crippen LogP contribution in [0.25, 0.3) is 5.65 Å². The first-order valence-electron chi connectivity index (χ1n) is 5.57. The highest BCUT2D eigenvalue weighted by Crippen LogP contribution is 2.21. The van der Waals surface area contributed by atoms with Crippen LogP contribution in [0.5, 0.6) is 0 Å². The predicted molar refractivity (Wildman–Crippen MR) is 73.0 cm³/mol. The monoisotopic (exact) mass is 317 g/mol. The molecule has 0 radical (unpaired) electrons. The molecule has 2 aromatic rings. The fraction of sp³-hybridized carbons (Fsp3) is 0.200. The number of amides is 2. The second kappa shape index (κ2) is 5.65. The lowest BCUT2D eigenvalue weighted by Gasteiger charge is -2.07. The van der Waals surface area contributed by atoms with Gasteiger partial charge >= 0.3 is 6.03 Å². The van der Waals surface area contributed by atoms with Gasteiger partial charge in [-0.3, -0.25) is 4.40 Å². The van der Waals surface area contributed by atoms with Gasteiger partial charge in [-0.2, -0.15) is 0 Å². The van der Waals surface area contributed by atoms with Crippen molar-refractivity contribution in [2.24, 2.45) is 5.73 Å². The zero-order chi connectivity index (χ0) is 14.8. The van der Waals surface area contributed by atoms with Gasteiger partial charge in [0.05, 0.1) is 0 Å². The second-order valence-electron chi connectivity index (χ2n) is 3.83. The van der Waals surface area contributed by atoms with Gasteiger partial charge in [-0.05, 0) is 12.1 Å². The van der Waals surface area contributed by atoms with E-state index in [1.54, 1.807) is 24.4 Å². The van der Waals surface area contributed by atoms with Gasteiger partial charge in [-0.25, -0.2) is 22.9 Å². The summed E-state index contributed by atoms with van der Waals surface area (Å²) in [6.45, 7) is 0.0601. The van der Waals surface area contributed by atoms with E-state index in [1.807, 2.05) is 0 Å². The summed E-state index contributed by atoms with van der Waals surface area (Å²) in [5.74, 6) is 0. The molecule has 0 spiro atoms. The molecular formula is C10H12ClN5O3S. The van der Waals surface area contributed by atoms with Crippen LogP contribution in [-0.2, 0) is 10.0 Å². The Morgan fingerprint density at radius 1 is 1.40 bits per heavy atom. The molecule has 0 bridgehead atoms. The lowest BCUT2D eigenvalue weighted by atomic mass is 10.5. The zero-order valence-corrected chi connectivity index (χ0v) is 11.8. The number of halogens is 1. The number of aromatic nitrogens is 2. The number of fused-ring (bicyclic) bond motifs is 1. The van der Waals surface area contributed by atoms with Crippen molar-refractivity contribution < 1.29 is 13.2 Å². The smallest absolute Gasteiger partial charge is 0.312 e. The molecule has 10 heteroatoms. The maximum atomic E-state index is 12.2. The minimum absolute atomic E-state index is 0.0122. The highest BCUT2D eigenvalue weighted by atomic mass is 35.5. The minimum atomic E-state index is -3.85. The van der Waals surface area contributed by atoms with E-state index < -0.39 is 16.1 Å². The Bertz CT molecular complexity index is 742. The molecule has 20 heavy (non-hydrogen) atoms. The standard InChI is InChI=1S/C10H12ClN5O3S/c11-8-9(16-6-2-1-3-7(16)15-8)20(18,19)14-5-4-13-10(12)17/h1-3,6,14H,4-5H2,(H3,12,13,17). The van der Waals surface area contributed by atoms with Crippen LogP contribution < -0.4 is 15.8 Å². The van der Waals surface area contributed by atoms with Gasteiger partial charge in [-0.1, -0.05) is 17.7 Å². The predicted octanol–water partition coefficient (Wildman–Crippen LogP) is -0.0657. The van der Waals surface area contributed by atoms with Gasteiger partial charge in [0.15, 0.2) is 10.2 Å². The number of nitrogens with one attached hydrogen (secondary N) is 2. The highest BCUT2D eigenvalue weighted by molar-refractivity contribution is 7.89. The normalized spacial score (nSPS) is 11.7. The average molecular weight is 318 g/mol. The van der Waals surface area contributed by atoms with Crippen LogP contribution in [0, 0.1) is 0 Å². The first kappa shape index (κ1) is 14.6. The van der Waals surface area contributed by atoms with E-state index in [1.165, 1.54) is 4.40 Å². The lowest BCUT2D eigenvalue weighted by Crippen LogP contribution is -2.37. The Morgan fingerprint density at radius 2 is 2.15 bits per heavy atom. The molecule has 0 aliphatic carbocycles. The van der Waals surface area contributed by atoms with Crippen molar-refractivity contribution >= 4 is 33.3 Å². The molecule has 2 aromatic heterocycles. The van der Waals surface area contributed by atoms with Gasteiger partial charge in [0, 0.05) is 19.3 Å². The van der Waals surface area contributed by atoms with E-state index >= 15 is 0 Å². The molecular weight excluding hydrogens is 306 g/mol. The summed E-state index contributed by atoms with van der Waals surface area (Å²) in [6.07, 6.45) is 1.55. The van der Waals surface area contributed by atoms with Crippen molar-refractivity contribution in [1.82, 2.24) is 19.4 Å². The summed E-state index contributed by atoms with van der Waals surface area (Å²) in [6, 6.07) is 4.30. The van der Waals surface area contributed by atoms with Gasteiger partial charge in [0.2, 0.25) is 0 Å². The van der Waals surface area contributed by atoms with Crippen LogP contribution in [0.1, 0.15) is 0 Å². The first-order valence-corrected chi connectivity index (χ1v) is 7.43. The summed E-state index contributed by atoms with van der Waals surface area (Å²) in [7, 11) is -3.85. The number of rotatable bonds is 5. The molecule has 2 amide bonds. The van der Waals surface area contributed by atoms with E-state index in [4.69, 9.17) is 17.3 Å². The molecule has 2 heterocycles. The SMILES string of the molecule is NC(=O)NCCNS(=O)(=O)c1c(Cl)nc2ccccn12. The van der Waals surface area contributed by atoms with E-state index in [2.05, 4.69) is 15.0 Å². The number of nitrogens with two attached hydrogens (primary N) is 1. The molecule has 0 atom stereocenters. The zero-order valence-electron chi connectivity index (χ0n) is 10.2. The van der Waals surface area contributed by atoms with Crippen molar-refractivity contribution in [2.45, 2.75) is 5.03 Å². The Kier molecular flexibility index (Phi) is 4.12. The van der Waals surface area contributed by atoms with Crippen molar-refractivity contribution in [3.63, 3.8) is 0 Å². The number of carbonyl (C=O) groups excluding carboxylic acids is 1. The Hall–Kier alpha value is -1.84. The van der Waals surface area contributed by atoms with Crippen LogP contribution in [0.4, 0.5) is 4.79 Å². The third kappa shape index (κ3) is 3.00. The Morgan fingerprint density at radius 3 is 2.85 bits per heavy atom.